The van der Waals surface area contributed by atoms with Crippen LogP contribution in [0.2, 0.25) is 5.02 Å². The maximum Gasteiger partial charge on any atom is 0.260 e. The molecule has 4 nitrogen and oxygen atoms in total. The summed E-state index contributed by atoms with van der Waals surface area (Å²) in [6.07, 6.45) is 1.60. The molecule has 0 saturated carbocycles. The number of carbonyl (C=O) groups excluding carboxylic acids is 1. The van der Waals surface area contributed by atoms with Gasteiger partial charge in [0.25, 0.3) is 5.91 Å². The molecule has 0 atom stereocenters. The normalized spacial score (nSPS) is 11.1. The number of hydrogen-bond donors (Lipinski definition) is 0. The first-order chi connectivity index (χ1) is 13.0. The average Bonchev–Trinajstić information content (AvgIpc) is 3.29. The molecule has 2 heterocycles. The number of nitrogens with zero attached hydrogens (tertiary/aromatic N) is 2. The van der Waals surface area contributed by atoms with E-state index in [-0.39, 0.29) is 5.91 Å². The molecule has 0 aliphatic carbocycles. The highest BCUT2D eigenvalue weighted by Gasteiger charge is 2.24. The first kappa shape index (κ1) is 17.8. The molecule has 6 heteroatoms. The van der Waals surface area contributed by atoms with Crippen molar-refractivity contribution >= 4 is 44.2 Å². The first-order valence-corrected chi connectivity index (χ1v) is 9.69. The Balaban J connectivity index is 1.80. The molecule has 0 saturated heterocycles. The third kappa shape index (κ3) is 3.48. The number of halogens is 1. The van der Waals surface area contributed by atoms with Gasteiger partial charge in [0.1, 0.15) is 11.3 Å². The number of benzene rings is 2. The molecule has 27 heavy (non-hydrogen) atoms. The molecule has 0 N–H and O–H groups in total. The minimum atomic E-state index is -0.112. The molecule has 0 aliphatic rings. The van der Waals surface area contributed by atoms with E-state index in [4.69, 9.17) is 16.0 Å². The monoisotopic (exact) mass is 396 g/mol. The van der Waals surface area contributed by atoms with E-state index < -0.39 is 0 Å². The number of furan rings is 1. The quantitative estimate of drug-likeness (QED) is 0.424. The molecule has 0 fully saturated rings. The lowest BCUT2D eigenvalue weighted by atomic mass is 10.0. The van der Waals surface area contributed by atoms with Crippen LogP contribution in [0.1, 0.15) is 27.2 Å². The Hall–Kier alpha value is -2.63. The summed E-state index contributed by atoms with van der Waals surface area (Å²) >= 11 is 7.72. The number of amides is 1. The summed E-state index contributed by atoms with van der Waals surface area (Å²) in [5.74, 6) is 0.581. The topological polar surface area (TPSA) is 46.3 Å². The van der Waals surface area contributed by atoms with E-state index >= 15 is 0 Å². The van der Waals surface area contributed by atoms with Gasteiger partial charge in [-0.15, -0.1) is 0 Å². The van der Waals surface area contributed by atoms with Crippen molar-refractivity contribution in [3.05, 3.63) is 82.3 Å². The fourth-order valence-corrected chi connectivity index (χ4v) is 4.27. The Morgan fingerprint density at radius 2 is 2.04 bits per heavy atom. The molecule has 4 rings (SSSR count). The zero-order valence-electron chi connectivity index (χ0n) is 14.9. The predicted molar refractivity (Wildman–Crippen MR) is 110 cm³/mol. The van der Waals surface area contributed by atoms with Crippen LogP contribution in [-0.2, 0) is 6.54 Å². The van der Waals surface area contributed by atoms with Crippen LogP contribution in [0, 0.1) is 13.8 Å². The third-order valence-electron chi connectivity index (χ3n) is 4.34. The fraction of sp³-hybridized carbons (Fsp3) is 0.143. The molecule has 1 amide bonds. The molecule has 0 spiro atoms. The summed E-state index contributed by atoms with van der Waals surface area (Å²) in [6, 6.07) is 15.1. The van der Waals surface area contributed by atoms with Gasteiger partial charge in [-0.2, -0.15) is 0 Å². The maximum absolute atomic E-state index is 13.4. The van der Waals surface area contributed by atoms with Gasteiger partial charge in [0.15, 0.2) is 5.13 Å². The zero-order chi connectivity index (χ0) is 19.0. The molecule has 2 aromatic heterocycles. The van der Waals surface area contributed by atoms with Gasteiger partial charge in [-0.1, -0.05) is 46.7 Å². The number of aryl methyl sites for hydroxylation is 2. The molecular weight excluding hydrogens is 380 g/mol. The van der Waals surface area contributed by atoms with E-state index in [2.05, 4.69) is 4.98 Å². The molecule has 4 aromatic rings. The Morgan fingerprint density at radius 1 is 1.19 bits per heavy atom. The van der Waals surface area contributed by atoms with Crippen molar-refractivity contribution in [1.82, 2.24) is 4.98 Å². The summed E-state index contributed by atoms with van der Waals surface area (Å²) in [5.41, 5.74) is 3.41. The van der Waals surface area contributed by atoms with E-state index in [0.717, 1.165) is 15.8 Å². The maximum atomic E-state index is 13.4. The summed E-state index contributed by atoms with van der Waals surface area (Å²) in [4.78, 5) is 19.7. The lowest BCUT2D eigenvalue weighted by Crippen LogP contribution is -2.30. The van der Waals surface area contributed by atoms with E-state index in [1.54, 1.807) is 17.2 Å². The van der Waals surface area contributed by atoms with Gasteiger partial charge >= 0.3 is 0 Å². The number of anilines is 1. The third-order valence-corrected chi connectivity index (χ3v) is 5.69. The highest BCUT2D eigenvalue weighted by atomic mass is 35.5. The second kappa shape index (κ2) is 7.18. The van der Waals surface area contributed by atoms with Gasteiger partial charge in [-0.3, -0.25) is 9.69 Å². The van der Waals surface area contributed by atoms with Crippen LogP contribution in [0.25, 0.3) is 10.2 Å². The van der Waals surface area contributed by atoms with Gasteiger partial charge < -0.3 is 4.42 Å². The van der Waals surface area contributed by atoms with Crippen molar-refractivity contribution in [2.24, 2.45) is 0 Å². The van der Waals surface area contributed by atoms with Crippen molar-refractivity contribution in [2.45, 2.75) is 20.4 Å². The number of thiazole rings is 1. The highest BCUT2D eigenvalue weighted by Crippen LogP contribution is 2.34. The average molecular weight is 397 g/mol. The van der Waals surface area contributed by atoms with Crippen molar-refractivity contribution in [3.8, 4) is 0 Å². The molecule has 2 aromatic carbocycles. The summed E-state index contributed by atoms with van der Waals surface area (Å²) < 4.78 is 6.42. The molecule has 0 unspecified atom stereocenters. The van der Waals surface area contributed by atoms with E-state index in [9.17, 15) is 4.79 Å². The van der Waals surface area contributed by atoms with Gasteiger partial charge in [0, 0.05) is 5.56 Å². The van der Waals surface area contributed by atoms with Crippen LogP contribution in [0.5, 0.6) is 0 Å². The fourth-order valence-electron chi connectivity index (χ4n) is 3.00. The van der Waals surface area contributed by atoms with Crippen LogP contribution < -0.4 is 4.90 Å². The van der Waals surface area contributed by atoms with Gasteiger partial charge in [0.05, 0.1) is 22.5 Å². The summed E-state index contributed by atoms with van der Waals surface area (Å²) in [7, 11) is 0. The minimum absolute atomic E-state index is 0.112. The largest absolute Gasteiger partial charge is 0.467 e. The number of aromatic nitrogens is 1. The Labute approximate surface area is 166 Å². The predicted octanol–water partition coefficient (Wildman–Crippen LogP) is 6.01. The molecule has 0 radical (unpaired) electrons. The molecular formula is C21H17ClN2O2S. The Bertz CT molecular complexity index is 1120. The smallest absolute Gasteiger partial charge is 0.260 e. The highest BCUT2D eigenvalue weighted by molar-refractivity contribution is 7.22. The molecule has 136 valence electrons. The van der Waals surface area contributed by atoms with Crippen LogP contribution >= 0.6 is 22.9 Å². The van der Waals surface area contributed by atoms with E-state index in [1.165, 1.54) is 11.3 Å². The SMILES string of the molecule is Cc1ccc(C(=O)N(Cc2ccco2)c2nc3c(Cl)cccc3s2)c(C)c1. The van der Waals surface area contributed by atoms with Crippen LogP contribution in [-0.4, -0.2) is 10.9 Å². The molecule has 0 aliphatic heterocycles. The van der Waals surface area contributed by atoms with E-state index in [1.807, 2.05) is 56.3 Å². The molecule has 0 bridgehead atoms. The Morgan fingerprint density at radius 3 is 2.74 bits per heavy atom. The lowest BCUT2D eigenvalue weighted by molar-refractivity contribution is 0.0982. The standard InChI is InChI=1S/C21H17ClN2O2S/c1-13-8-9-16(14(2)11-13)20(25)24(12-15-5-4-10-26-15)21-23-19-17(22)6-3-7-18(19)27-21/h3-11H,12H2,1-2H3. The van der Waals surface area contributed by atoms with Crippen molar-refractivity contribution in [2.75, 3.05) is 4.90 Å². The number of rotatable bonds is 4. The zero-order valence-corrected chi connectivity index (χ0v) is 16.5. The van der Waals surface area contributed by atoms with Crippen LogP contribution in [0.3, 0.4) is 0 Å². The second-order valence-corrected chi connectivity index (χ2v) is 7.79. The van der Waals surface area contributed by atoms with Crippen LogP contribution in [0.4, 0.5) is 5.13 Å². The number of para-hydroxylation sites is 1. The summed E-state index contributed by atoms with van der Waals surface area (Å²) in [6.45, 7) is 4.26. The summed E-state index contributed by atoms with van der Waals surface area (Å²) in [5, 5.41) is 1.17. The van der Waals surface area contributed by atoms with Crippen molar-refractivity contribution in [1.29, 1.82) is 0 Å². The number of carbonyl (C=O) groups is 1. The Kier molecular flexibility index (Phi) is 4.72. The van der Waals surface area contributed by atoms with Gasteiger partial charge in [-0.05, 0) is 49.7 Å². The van der Waals surface area contributed by atoms with Crippen molar-refractivity contribution < 1.29 is 9.21 Å². The van der Waals surface area contributed by atoms with Crippen LogP contribution in [0.15, 0.2) is 59.2 Å². The van der Waals surface area contributed by atoms with Gasteiger partial charge in [-0.25, -0.2) is 4.98 Å². The van der Waals surface area contributed by atoms with E-state index in [0.29, 0.717) is 33.5 Å². The number of hydrogen-bond acceptors (Lipinski definition) is 4. The second-order valence-electron chi connectivity index (χ2n) is 6.37. The van der Waals surface area contributed by atoms with Gasteiger partial charge in [0.2, 0.25) is 0 Å². The van der Waals surface area contributed by atoms with Crippen molar-refractivity contribution in [3.63, 3.8) is 0 Å². The first-order valence-electron chi connectivity index (χ1n) is 8.49. The minimum Gasteiger partial charge on any atom is -0.467 e. The number of fused-ring (bicyclic) bond motifs is 1. The lowest BCUT2D eigenvalue weighted by Gasteiger charge is -2.20.